The van der Waals surface area contributed by atoms with E-state index in [2.05, 4.69) is 33.8 Å². The number of aliphatic hydroxyl groups is 2. The van der Waals surface area contributed by atoms with Crippen LogP contribution in [0.3, 0.4) is 0 Å². The van der Waals surface area contributed by atoms with Gasteiger partial charge in [-0.15, -0.1) is 0 Å². The molecule has 3 saturated carbocycles. The zero-order chi connectivity index (χ0) is 21.5. The quantitative estimate of drug-likeness (QED) is 0.443. The van der Waals surface area contributed by atoms with Crippen LogP contribution in [0, 0.1) is 40.9 Å². The first-order chi connectivity index (χ1) is 14.3. The molecule has 30 heavy (non-hydrogen) atoms. The molecule has 0 aromatic rings. The van der Waals surface area contributed by atoms with Crippen molar-refractivity contribution >= 4 is 0 Å². The lowest BCUT2D eigenvalue weighted by molar-refractivity contribution is -0.0461. The van der Waals surface area contributed by atoms with Gasteiger partial charge in [0, 0.05) is 0 Å². The highest BCUT2D eigenvalue weighted by atomic mass is 16.3. The summed E-state index contributed by atoms with van der Waals surface area (Å²) in [5.41, 5.74) is 1.74. The molecule has 0 aliphatic heterocycles. The predicted molar refractivity (Wildman–Crippen MR) is 125 cm³/mol. The highest BCUT2D eigenvalue weighted by Crippen LogP contribution is 2.65. The van der Waals surface area contributed by atoms with Crippen molar-refractivity contribution in [3.8, 4) is 0 Å². The van der Waals surface area contributed by atoms with Crippen molar-refractivity contribution in [1.82, 2.24) is 0 Å². The van der Waals surface area contributed by atoms with Crippen LogP contribution in [-0.2, 0) is 0 Å². The first-order valence-corrected chi connectivity index (χ1v) is 13.4. The minimum Gasteiger partial charge on any atom is -0.393 e. The maximum atomic E-state index is 10.9. The average Bonchev–Trinajstić information content (AvgIpc) is 3.10. The molecule has 0 saturated heterocycles. The Labute approximate surface area is 185 Å². The van der Waals surface area contributed by atoms with Gasteiger partial charge in [0.25, 0.3) is 0 Å². The van der Waals surface area contributed by atoms with Gasteiger partial charge < -0.3 is 10.2 Å². The van der Waals surface area contributed by atoms with Gasteiger partial charge >= 0.3 is 0 Å². The normalized spacial score (nSPS) is 45.1. The molecule has 0 heterocycles. The summed E-state index contributed by atoms with van der Waals surface area (Å²) < 4.78 is 0. The molecule has 2 heteroatoms. The van der Waals surface area contributed by atoms with E-state index in [1.165, 1.54) is 51.4 Å². The second-order valence-corrected chi connectivity index (χ2v) is 12.0. The zero-order valence-electron chi connectivity index (χ0n) is 20.2. The Hall–Kier alpha value is -0.340. The van der Waals surface area contributed by atoms with Crippen LogP contribution in [0.1, 0.15) is 111 Å². The van der Waals surface area contributed by atoms with Crippen molar-refractivity contribution in [1.29, 1.82) is 0 Å². The Morgan fingerprint density at radius 2 is 1.87 bits per heavy atom. The summed E-state index contributed by atoms with van der Waals surface area (Å²) in [7, 11) is 0. The van der Waals surface area contributed by atoms with Crippen LogP contribution in [0.25, 0.3) is 0 Å². The van der Waals surface area contributed by atoms with Crippen molar-refractivity contribution in [3.63, 3.8) is 0 Å². The molecule has 0 aromatic heterocycles. The molecule has 2 N–H and O–H groups in total. The van der Waals surface area contributed by atoms with Gasteiger partial charge in [0.05, 0.1) is 11.7 Å². The number of hydrogen-bond donors (Lipinski definition) is 2. The van der Waals surface area contributed by atoms with Gasteiger partial charge in [0.15, 0.2) is 0 Å². The highest BCUT2D eigenvalue weighted by molar-refractivity contribution is 5.22. The average molecular weight is 417 g/mol. The number of rotatable bonds is 7. The Morgan fingerprint density at radius 3 is 2.60 bits per heavy atom. The van der Waals surface area contributed by atoms with E-state index in [0.29, 0.717) is 5.41 Å². The summed E-state index contributed by atoms with van der Waals surface area (Å²) in [6.45, 7) is 9.41. The minimum atomic E-state index is -0.419. The van der Waals surface area contributed by atoms with Gasteiger partial charge in [-0.05, 0) is 112 Å². The molecule has 0 aromatic carbocycles. The molecular weight excluding hydrogens is 368 g/mol. The molecule has 0 unspecified atom stereocenters. The number of allylic oxidation sites excluding steroid dienone is 1. The number of aliphatic hydroxyl groups excluding tert-OH is 1. The molecule has 0 radical (unpaired) electrons. The van der Waals surface area contributed by atoms with E-state index in [1.807, 2.05) is 0 Å². The number of fused-ring (bicyclic) bond motifs is 5. The van der Waals surface area contributed by atoms with Gasteiger partial charge in [-0.2, -0.15) is 0 Å². The maximum absolute atomic E-state index is 10.9. The molecule has 2 nitrogen and oxygen atoms in total. The summed E-state index contributed by atoms with van der Waals surface area (Å²) in [6.07, 6.45) is 17.9. The predicted octanol–water partition coefficient (Wildman–Crippen LogP) is 6.89. The second-order valence-electron chi connectivity index (χ2n) is 12.0. The Balaban J connectivity index is 1.42. The number of hydrogen-bond acceptors (Lipinski definition) is 2. The van der Waals surface area contributed by atoms with Gasteiger partial charge in [-0.25, -0.2) is 0 Å². The topological polar surface area (TPSA) is 40.5 Å². The van der Waals surface area contributed by atoms with Gasteiger partial charge in [-0.1, -0.05) is 52.2 Å². The first-order valence-electron chi connectivity index (χ1n) is 13.4. The maximum Gasteiger partial charge on any atom is 0.0682 e. The van der Waals surface area contributed by atoms with Crippen LogP contribution < -0.4 is 0 Å². The van der Waals surface area contributed by atoms with E-state index in [1.54, 1.807) is 5.57 Å². The zero-order valence-corrected chi connectivity index (χ0v) is 20.2. The van der Waals surface area contributed by atoms with Crippen LogP contribution >= 0.6 is 0 Å². The molecule has 4 aliphatic carbocycles. The third-order valence-electron chi connectivity index (χ3n) is 10.7. The molecular formula is C28H48O2. The molecule has 4 aliphatic rings. The molecule has 0 amide bonds. The van der Waals surface area contributed by atoms with E-state index in [9.17, 15) is 10.2 Å². The van der Waals surface area contributed by atoms with Gasteiger partial charge in [-0.3, -0.25) is 0 Å². The Kier molecular flexibility index (Phi) is 6.77. The smallest absolute Gasteiger partial charge is 0.0682 e. The van der Waals surface area contributed by atoms with Crippen molar-refractivity contribution < 1.29 is 10.2 Å². The van der Waals surface area contributed by atoms with E-state index < -0.39 is 5.60 Å². The van der Waals surface area contributed by atoms with Crippen molar-refractivity contribution in [2.24, 2.45) is 40.9 Å². The third kappa shape index (κ3) is 4.05. The second kappa shape index (κ2) is 8.89. The van der Waals surface area contributed by atoms with E-state index >= 15 is 0 Å². The standard InChI is InChI=1S/C28H48O2/c1-5-21(29)9-7-8-19(3)25-12-13-26-24-11-10-20-18-28(30,6-2)17-15-22(20)23(24)14-16-27(25,26)4/h10,19,21-26,29-30H,5-9,11-18H2,1-4H3/t19-,21+,22+,23-,24-,25-,26+,27-,28+/m1/s1. The van der Waals surface area contributed by atoms with Crippen LogP contribution in [0.5, 0.6) is 0 Å². The van der Waals surface area contributed by atoms with E-state index in [-0.39, 0.29) is 6.10 Å². The Morgan fingerprint density at radius 1 is 1.07 bits per heavy atom. The van der Waals surface area contributed by atoms with E-state index in [4.69, 9.17) is 0 Å². The highest BCUT2D eigenvalue weighted by Gasteiger charge is 2.57. The van der Waals surface area contributed by atoms with Crippen molar-refractivity contribution in [2.75, 3.05) is 0 Å². The molecule has 172 valence electrons. The molecule has 0 bridgehead atoms. The third-order valence-corrected chi connectivity index (χ3v) is 10.7. The van der Waals surface area contributed by atoms with Gasteiger partial charge in [0.2, 0.25) is 0 Å². The SMILES string of the molecule is CC[C@H](O)CCC[C@@H](C)[C@H]1CC[C@H]2[C@@H]3CC=C4C[C@](O)(CC)CC[C@@H]4[C@H]3CC[C@]12C. The lowest BCUT2D eigenvalue weighted by Crippen LogP contribution is -2.48. The monoisotopic (exact) mass is 416 g/mol. The summed E-state index contributed by atoms with van der Waals surface area (Å²) >= 11 is 0. The first kappa shape index (κ1) is 22.8. The van der Waals surface area contributed by atoms with Crippen LogP contribution in [0.4, 0.5) is 0 Å². The molecule has 9 atom stereocenters. The van der Waals surface area contributed by atoms with Crippen LogP contribution in [-0.4, -0.2) is 21.9 Å². The van der Waals surface area contributed by atoms with Crippen LogP contribution in [0.2, 0.25) is 0 Å². The fourth-order valence-electron chi connectivity index (χ4n) is 8.72. The minimum absolute atomic E-state index is 0.0939. The van der Waals surface area contributed by atoms with Crippen molar-refractivity contribution in [2.45, 2.75) is 123 Å². The van der Waals surface area contributed by atoms with Crippen molar-refractivity contribution in [3.05, 3.63) is 11.6 Å². The Bertz CT molecular complexity index is 626. The summed E-state index contributed by atoms with van der Waals surface area (Å²) in [6, 6.07) is 0. The lowest BCUT2D eigenvalue weighted by atomic mass is 9.50. The molecule has 4 rings (SSSR count). The summed E-state index contributed by atoms with van der Waals surface area (Å²) in [4.78, 5) is 0. The fourth-order valence-corrected chi connectivity index (χ4v) is 8.72. The van der Waals surface area contributed by atoms with Gasteiger partial charge in [0.1, 0.15) is 0 Å². The van der Waals surface area contributed by atoms with E-state index in [0.717, 1.165) is 67.6 Å². The largest absolute Gasteiger partial charge is 0.393 e. The summed E-state index contributed by atoms with van der Waals surface area (Å²) in [5, 5.41) is 20.8. The summed E-state index contributed by atoms with van der Waals surface area (Å²) in [5.74, 6) is 5.14. The molecule has 0 spiro atoms. The molecule has 3 fully saturated rings. The van der Waals surface area contributed by atoms with Crippen LogP contribution in [0.15, 0.2) is 11.6 Å². The fraction of sp³-hybridized carbons (Fsp3) is 0.929. The lowest BCUT2D eigenvalue weighted by Gasteiger charge is -2.55.